The summed E-state index contributed by atoms with van der Waals surface area (Å²) in [5, 5.41) is 3.98. The van der Waals surface area contributed by atoms with Crippen LogP contribution in [0.2, 0.25) is 0 Å². The zero-order chi connectivity index (χ0) is 20.8. The van der Waals surface area contributed by atoms with Crippen LogP contribution >= 0.6 is 0 Å². The molecule has 1 aromatic heterocycles. The number of pyridine rings is 1. The van der Waals surface area contributed by atoms with Gasteiger partial charge in [-0.05, 0) is 42.2 Å². The molecule has 0 radical (unpaired) electrons. The molecule has 1 N–H and O–H groups in total. The molecule has 4 rings (SSSR count). The van der Waals surface area contributed by atoms with Gasteiger partial charge < -0.3 is 10.1 Å². The highest BCUT2D eigenvalue weighted by atomic mass is 16.5. The second-order valence-electron chi connectivity index (χ2n) is 8.26. The number of likely N-dealkylation sites (N-methyl/N-ethyl adjacent to an activating group) is 1. The van der Waals surface area contributed by atoms with E-state index >= 15 is 0 Å². The van der Waals surface area contributed by atoms with Crippen molar-refractivity contribution < 1.29 is 9.53 Å². The maximum absolute atomic E-state index is 12.5. The quantitative estimate of drug-likeness (QED) is 0.558. The third kappa shape index (κ3) is 4.99. The summed E-state index contributed by atoms with van der Waals surface area (Å²) >= 11 is 0. The molecule has 1 heterocycles. The molecule has 1 unspecified atom stereocenters. The molecule has 4 heteroatoms. The minimum absolute atomic E-state index is 0.0886. The molecule has 0 spiro atoms. The summed E-state index contributed by atoms with van der Waals surface area (Å²) in [5.74, 6) is 1.46. The number of carbonyl (C=O) groups excluding carboxylic acids is 1. The lowest BCUT2D eigenvalue weighted by molar-refractivity contribution is -0.122. The Labute approximate surface area is 178 Å². The van der Waals surface area contributed by atoms with Crippen LogP contribution in [-0.4, -0.2) is 17.9 Å². The lowest BCUT2D eigenvalue weighted by Gasteiger charge is -2.26. The smallest absolute Gasteiger partial charge is 0.227 e. The van der Waals surface area contributed by atoms with Crippen molar-refractivity contribution in [3.8, 4) is 5.75 Å². The van der Waals surface area contributed by atoms with E-state index in [9.17, 15) is 4.79 Å². The van der Waals surface area contributed by atoms with Gasteiger partial charge in [-0.3, -0.25) is 4.79 Å². The highest BCUT2D eigenvalue weighted by Crippen LogP contribution is 2.33. The molecule has 156 valence electrons. The van der Waals surface area contributed by atoms with Crippen LogP contribution in [0.1, 0.15) is 55.7 Å². The number of aromatic nitrogens is 1. The number of amides is 1. The van der Waals surface area contributed by atoms with E-state index in [-0.39, 0.29) is 11.8 Å². The molecule has 1 atom stereocenters. The summed E-state index contributed by atoms with van der Waals surface area (Å²) in [6, 6.07) is 20.2. The Bertz CT molecular complexity index is 978. The normalized spacial score (nSPS) is 15.6. The third-order valence-corrected chi connectivity index (χ3v) is 6.18. The fourth-order valence-corrected chi connectivity index (χ4v) is 4.47. The van der Waals surface area contributed by atoms with Crippen molar-refractivity contribution >= 4 is 16.8 Å². The molecule has 2 aromatic carbocycles. The first-order valence-corrected chi connectivity index (χ1v) is 11.0. The van der Waals surface area contributed by atoms with Gasteiger partial charge in [-0.15, -0.1) is 0 Å². The number of fused-ring (bicyclic) bond motifs is 1. The summed E-state index contributed by atoms with van der Waals surface area (Å²) in [4.78, 5) is 17.2. The Kier molecular flexibility index (Phi) is 6.63. The molecular formula is C26H30N2O2. The predicted octanol–water partition coefficient (Wildman–Crippen LogP) is 5.61. The number of carbonyl (C=O) groups is 1. The lowest BCUT2D eigenvalue weighted by Crippen LogP contribution is -2.28. The van der Waals surface area contributed by atoms with Gasteiger partial charge in [0.1, 0.15) is 12.4 Å². The van der Waals surface area contributed by atoms with E-state index < -0.39 is 0 Å². The minimum atomic E-state index is -0.0886. The number of para-hydroxylation sites is 1. The predicted molar refractivity (Wildman–Crippen MR) is 121 cm³/mol. The lowest BCUT2D eigenvalue weighted by atomic mass is 9.80. The first-order valence-electron chi connectivity index (χ1n) is 11.0. The molecule has 30 heavy (non-hydrogen) atoms. The highest BCUT2D eigenvalue weighted by molar-refractivity contribution is 5.83. The van der Waals surface area contributed by atoms with Crippen LogP contribution in [-0.2, 0) is 11.4 Å². The molecule has 1 amide bonds. The fourth-order valence-electron chi connectivity index (χ4n) is 4.47. The fraction of sp³-hybridized carbons (Fsp3) is 0.385. The minimum Gasteiger partial charge on any atom is -0.487 e. The molecule has 1 fully saturated rings. The molecule has 1 saturated carbocycles. The van der Waals surface area contributed by atoms with Gasteiger partial charge in [0.2, 0.25) is 5.91 Å². The largest absolute Gasteiger partial charge is 0.487 e. The van der Waals surface area contributed by atoms with Crippen LogP contribution < -0.4 is 10.1 Å². The average Bonchev–Trinajstić information content (AvgIpc) is 2.81. The Hall–Kier alpha value is -2.88. The molecule has 0 aliphatic heterocycles. The first-order chi connectivity index (χ1) is 14.7. The number of ether oxygens (including phenoxy) is 1. The summed E-state index contributed by atoms with van der Waals surface area (Å²) in [5.41, 5.74) is 2.94. The van der Waals surface area contributed by atoms with E-state index in [1.807, 2.05) is 48.5 Å². The molecule has 3 aromatic rings. The summed E-state index contributed by atoms with van der Waals surface area (Å²) in [6.07, 6.45) is 7.34. The Morgan fingerprint density at radius 2 is 1.80 bits per heavy atom. The summed E-state index contributed by atoms with van der Waals surface area (Å²) in [7, 11) is 1.73. The van der Waals surface area contributed by atoms with Crippen molar-refractivity contribution in [2.45, 2.75) is 51.0 Å². The molecule has 1 aliphatic rings. The molecular weight excluding hydrogens is 372 g/mol. The number of rotatable bonds is 7. The van der Waals surface area contributed by atoms with Crippen molar-refractivity contribution in [1.82, 2.24) is 10.3 Å². The van der Waals surface area contributed by atoms with Gasteiger partial charge in [-0.25, -0.2) is 4.98 Å². The van der Waals surface area contributed by atoms with E-state index in [1.54, 1.807) is 7.05 Å². The molecule has 4 nitrogen and oxygen atoms in total. The van der Waals surface area contributed by atoms with Crippen LogP contribution in [0.25, 0.3) is 10.9 Å². The van der Waals surface area contributed by atoms with Crippen molar-refractivity contribution in [1.29, 1.82) is 0 Å². The SMILES string of the molecule is CNC(=O)C(CC1CCCCC1)c1ccc(OCc2ccc3ccccc3n2)cc1. The van der Waals surface area contributed by atoms with E-state index in [2.05, 4.69) is 22.4 Å². The third-order valence-electron chi connectivity index (χ3n) is 6.18. The maximum atomic E-state index is 12.5. The van der Waals surface area contributed by atoms with Gasteiger partial charge in [0, 0.05) is 12.4 Å². The van der Waals surface area contributed by atoms with Gasteiger partial charge >= 0.3 is 0 Å². The van der Waals surface area contributed by atoms with Crippen molar-refractivity contribution in [3.63, 3.8) is 0 Å². The first kappa shape index (κ1) is 20.4. The Morgan fingerprint density at radius 1 is 1.03 bits per heavy atom. The van der Waals surface area contributed by atoms with Crippen LogP contribution in [0.3, 0.4) is 0 Å². The molecule has 1 aliphatic carbocycles. The Balaban J connectivity index is 1.41. The van der Waals surface area contributed by atoms with Gasteiger partial charge in [-0.2, -0.15) is 0 Å². The van der Waals surface area contributed by atoms with Crippen LogP contribution in [0.4, 0.5) is 0 Å². The number of nitrogens with zero attached hydrogens (tertiary/aromatic N) is 1. The summed E-state index contributed by atoms with van der Waals surface area (Å²) in [6.45, 7) is 0.422. The van der Waals surface area contributed by atoms with Gasteiger partial charge in [0.15, 0.2) is 0 Å². The number of hydrogen-bond acceptors (Lipinski definition) is 3. The van der Waals surface area contributed by atoms with Crippen molar-refractivity contribution in [3.05, 3.63) is 71.9 Å². The van der Waals surface area contributed by atoms with Crippen LogP contribution in [0.5, 0.6) is 5.75 Å². The Morgan fingerprint density at radius 3 is 2.57 bits per heavy atom. The topological polar surface area (TPSA) is 51.2 Å². The molecule has 0 saturated heterocycles. The van der Waals surface area contributed by atoms with E-state index in [0.717, 1.165) is 34.3 Å². The highest BCUT2D eigenvalue weighted by Gasteiger charge is 2.25. The number of nitrogens with one attached hydrogen (secondary N) is 1. The van der Waals surface area contributed by atoms with Gasteiger partial charge in [0.25, 0.3) is 0 Å². The van der Waals surface area contributed by atoms with E-state index in [0.29, 0.717) is 12.5 Å². The second-order valence-corrected chi connectivity index (χ2v) is 8.26. The van der Waals surface area contributed by atoms with E-state index in [4.69, 9.17) is 4.74 Å². The van der Waals surface area contributed by atoms with Crippen LogP contribution in [0.15, 0.2) is 60.7 Å². The number of hydrogen-bond donors (Lipinski definition) is 1. The number of benzene rings is 2. The summed E-state index contributed by atoms with van der Waals surface area (Å²) < 4.78 is 5.95. The molecule has 0 bridgehead atoms. The van der Waals surface area contributed by atoms with Gasteiger partial charge in [0.05, 0.1) is 17.1 Å². The van der Waals surface area contributed by atoms with Crippen molar-refractivity contribution in [2.24, 2.45) is 5.92 Å². The average molecular weight is 403 g/mol. The van der Waals surface area contributed by atoms with Crippen LogP contribution in [0, 0.1) is 5.92 Å². The monoisotopic (exact) mass is 402 g/mol. The zero-order valence-electron chi connectivity index (χ0n) is 17.6. The van der Waals surface area contributed by atoms with E-state index in [1.165, 1.54) is 32.1 Å². The zero-order valence-corrected chi connectivity index (χ0v) is 17.6. The second kappa shape index (κ2) is 9.75. The standard InChI is InChI=1S/C26H30N2O2/c1-27-26(29)24(17-19-7-3-2-4-8-19)20-12-15-23(16-13-20)30-18-22-14-11-21-9-5-6-10-25(21)28-22/h5-6,9-16,19,24H,2-4,7-8,17-18H2,1H3,(H,27,29). The maximum Gasteiger partial charge on any atom is 0.227 e. The van der Waals surface area contributed by atoms with Gasteiger partial charge in [-0.1, -0.05) is 68.5 Å². The van der Waals surface area contributed by atoms with Crippen molar-refractivity contribution in [2.75, 3.05) is 7.05 Å².